The molecular weight excluding hydrogens is 138 g/mol. The first kappa shape index (κ1) is 7.85. The van der Waals surface area contributed by atoms with Crippen molar-refractivity contribution in [2.75, 3.05) is 0 Å². The number of nitrogen functional groups attached to an aromatic ring is 1. The van der Waals surface area contributed by atoms with Crippen LogP contribution in [0.1, 0.15) is 16.8 Å². The van der Waals surface area contributed by atoms with E-state index in [4.69, 9.17) is 11.1 Å². The number of hydrogen-bond donors (Lipinski definition) is 2. The van der Waals surface area contributed by atoms with E-state index in [1.165, 1.54) is 11.1 Å². The zero-order valence-corrected chi connectivity index (χ0v) is 7.10. The second-order valence-electron chi connectivity index (χ2n) is 2.78. The van der Waals surface area contributed by atoms with Gasteiger partial charge in [-0.3, -0.25) is 9.98 Å². The highest BCUT2D eigenvalue weighted by Gasteiger charge is 2.05. The van der Waals surface area contributed by atoms with Crippen LogP contribution in [0, 0.1) is 26.2 Å². The topological polar surface area (TPSA) is 54.8 Å². The highest BCUT2D eigenvalue weighted by atomic mass is 15.1. The van der Waals surface area contributed by atoms with Gasteiger partial charge < -0.3 is 5.73 Å². The molecule has 1 rings (SSSR count). The van der Waals surface area contributed by atoms with E-state index in [-0.39, 0.29) is 5.96 Å². The predicted octanol–water partition coefficient (Wildman–Crippen LogP) is 1.15. The van der Waals surface area contributed by atoms with E-state index in [1.54, 1.807) is 4.57 Å². The second kappa shape index (κ2) is 2.42. The summed E-state index contributed by atoms with van der Waals surface area (Å²) in [5, 5.41) is 7.23. The molecule has 0 aliphatic heterocycles. The fraction of sp³-hybridized carbons (Fsp3) is 0.375. The summed E-state index contributed by atoms with van der Waals surface area (Å²) in [4.78, 5) is 0. The van der Waals surface area contributed by atoms with Gasteiger partial charge in [0.05, 0.1) is 0 Å². The van der Waals surface area contributed by atoms with Gasteiger partial charge in [-0.2, -0.15) is 0 Å². The Hall–Kier alpha value is -1.25. The number of aromatic nitrogens is 1. The van der Waals surface area contributed by atoms with Crippen molar-refractivity contribution in [3.8, 4) is 0 Å². The maximum atomic E-state index is 7.23. The molecule has 0 saturated carbocycles. The van der Waals surface area contributed by atoms with Crippen molar-refractivity contribution in [2.45, 2.75) is 20.8 Å². The van der Waals surface area contributed by atoms with Crippen molar-refractivity contribution in [1.29, 1.82) is 5.41 Å². The van der Waals surface area contributed by atoms with E-state index in [2.05, 4.69) is 0 Å². The van der Waals surface area contributed by atoms with Crippen LogP contribution in [0.4, 0.5) is 0 Å². The molecule has 3 N–H and O–H groups in total. The van der Waals surface area contributed by atoms with Crippen LogP contribution in [-0.4, -0.2) is 10.5 Å². The fourth-order valence-electron chi connectivity index (χ4n) is 1.10. The Bertz CT molecular complexity index is 297. The molecule has 0 atom stereocenters. The lowest BCUT2D eigenvalue weighted by Gasteiger charge is -2.01. The SMILES string of the molecule is Cc1cn(C(=N)N)c(C)c1C. The van der Waals surface area contributed by atoms with Crippen molar-refractivity contribution in [1.82, 2.24) is 4.57 Å². The van der Waals surface area contributed by atoms with Crippen molar-refractivity contribution >= 4 is 5.96 Å². The summed E-state index contributed by atoms with van der Waals surface area (Å²) >= 11 is 0. The van der Waals surface area contributed by atoms with Crippen LogP contribution in [0.5, 0.6) is 0 Å². The van der Waals surface area contributed by atoms with Gasteiger partial charge in [-0.15, -0.1) is 0 Å². The molecule has 3 nitrogen and oxygen atoms in total. The standard InChI is InChI=1S/C8H13N3/c1-5-4-11(8(9)10)7(3)6(5)2/h4H,1-3H3,(H3,9,10). The number of nitrogens with zero attached hydrogens (tertiary/aromatic N) is 1. The molecule has 0 radical (unpaired) electrons. The Morgan fingerprint density at radius 3 is 2.18 bits per heavy atom. The lowest BCUT2D eigenvalue weighted by molar-refractivity contribution is 1.03. The fourth-order valence-corrected chi connectivity index (χ4v) is 1.10. The van der Waals surface area contributed by atoms with Gasteiger partial charge in [-0.1, -0.05) is 0 Å². The first-order valence-corrected chi connectivity index (χ1v) is 3.53. The summed E-state index contributed by atoms with van der Waals surface area (Å²) < 4.78 is 1.69. The summed E-state index contributed by atoms with van der Waals surface area (Å²) in [6.07, 6.45) is 1.88. The third kappa shape index (κ3) is 1.13. The van der Waals surface area contributed by atoms with Gasteiger partial charge in [0, 0.05) is 11.9 Å². The molecule has 0 amide bonds. The summed E-state index contributed by atoms with van der Waals surface area (Å²) in [5.41, 5.74) is 8.78. The van der Waals surface area contributed by atoms with Crippen molar-refractivity contribution < 1.29 is 0 Å². The number of hydrogen-bond acceptors (Lipinski definition) is 1. The molecule has 60 valence electrons. The molecule has 0 saturated heterocycles. The molecule has 0 spiro atoms. The number of nitrogens with two attached hydrogens (primary N) is 1. The van der Waals surface area contributed by atoms with Crippen molar-refractivity contribution in [3.63, 3.8) is 0 Å². The van der Waals surface area contributed by atoms with E-state index >= 15 is 0 Å². The molecule has 3 heteroatoms. The lowest BCUT2D eigenvalue weighted by Crippen LogP contribution is -2.20. The van der Waals surface area contributed by atoms with Crippen LogP contribution in [0.25, 0.3) is 0 Å². The quantitative estimate of drug-likeness (QED) is 0.424. The minimum atomic E-state index is 0.0821. The van der Waals surface area contributed by atoms with E-state index in [9.17, 15) is 0 Å². The molecule has 0 unspecified atom stereocenters. The van der Waals surface area contributed by atoms with Gasteiger partial charge in [0.25, 0.3) is 0 Å². The molecule has 0 aliphatic rings. The molecule has 0 aromatic carbocycles. The van der Waals surface area contributed by atoms with E-state index in [1.807, 2.05) is 27.0 Å². The third-order valence-electron chi connectivity index (χ3n) is 2.08. The molecule has 11 heavy (non-hydrogen) atoms. The van der Waals surface area contributed by atoms with Crippen LogP contribution in [-0.2, 0) is 0 Å². The monoisotopic (exact) mass is 151 g/mol. The third-order valence-corrected chi connectivity index (χ3v) is 2.08. The molecule has 0 bridgehead atoms. The summed E-state index contributed by atoms with van der Waals surface area (Å²) in [7, 11) is 0. The Morgan fingerprint density at radius 2 is 2.00 bits per heavy atom. The Morgan fingerprint density at radius 1 is 1.45 bits per heavy atom. The van der Waals surface area contributed by atoms with Crippen molar-refractivity contribution in [3.05, 3.63) is 23.0 Å². The second-order valence-corrected chi connectivity index (χ2v) is 2.78. The zero-order chi connectivity index (χ0) is 8.59. The van der Waals surface area contributed by atoms with Crippen molar-refractivity contribution in [2.24, 2.45) is 5.73 Å². The maximum absolute atomic E-state index is 7.23. The average Bonchev–Trinajstić information content (AvgIpc) is 2.17. The van der Waals surface area contributed by atoms with Gasteiger partial charge in [-0.05, 0) is 31.9 Å². The summed E-state index contributed by atoms with van der Waals surface area (Å²) in [6.45, 7) is 6.01. The van der Waals surface area contributed by atoms with E-state index < -0.39 is 0 Å². The largest absolute Gasteiger partial charge is 0.369 e. The molecule has 1 aromatic heterocycles. The van der Waals surface area contributed by atoms with Gasteiger partial charge >= 0.3 is 0 Å². The first-order valence-electron chi connectivity index (χ1n) is 3.53. The highest BCUT2D eigenvalue weighted by molar-refractivity contribution is 5.78. The number of nitrogens with one attached hydrogen (secondary N) is 1. The minimum Gasteiger partial charge on any atom is -0.369 e. The minimum absolute atomic E-state index is 0.0821. The van der Waals surface area contributed by atoms with E-state index in [0.717, 1.165) is 5.69 Å². The zero-order valence-electron chi connectivity index (χ0n) is 7.10. The first-order chi connectivity index (χ1) is 5.04. The number of rotatable bonds is 0. The maximum Gasteiger partial charge on any atom is 0.196 e. The molecule has 0 aliphatic carbocycles. The smallest absolute Gasteiger partial charge is 0.196 e. The number of aryl methyl sites for hydroxylation is 1. The average molecular weight is 151 g/mol. The Labute approximate surface area is 66.3 Å². The summed E-state index contributed by atoms with van der Waals surface area (Å²) in [5.74, 6) is 0.0821. The van der Waals surface area contributed by atoms with Crippen LogP contribution in [0.15, 0.2) is 6.20 Å². The lowest BCUT2D eigenvalue weighted by atomic mass is 10.2. The van der Waals surface area contributed by atoms with Crippen LogP contribution in [0.2, 0.25) is 0 Å². The van der Waals surface area contributed by atoms with Gasteiger partial charge in [0.2, 0.25) is 0 Å². The van der Waals surface area contributed by atoms with Gasteiger partial charge in [0.15, 0.2) is 5.96 Å². The van der Waals surface area contributed by atoms with Crippen LogP contribution < -0.4 is 5.73 Å². The molecule has 1 aromatic rings. The normalized spacial score (nSPS) is 10.1. The van der Waals surface area contributed by atoms with Gasteiger partial charge in [-0.25, -0.2) is 0 Å². The molecular formula is C8H13N3. The molecule has 1 heterocycles. The van der Waals surface area contributed by atoms with Crippen LogP contribution in [0.3, 0.4) is 0 Å². The Kier molecular flexibility index (Phi) is 1.72. The highest BCUT2D eigenvalue weighted by Crippen LogP contribution is 2.13. The summed E-state index contributed by atoms with van der Waals surface area (Å²) in [6, 6.07) is 0. The van der Waals surface area contributed by atoms with Crippen LogP contribution >= 0.6 is 0 Å². The van der Waals surface area contributed by atoms with Gasteiger partial charge in [0.1, 0.15) is 0 Å². The Balaban J connectivity index is 3.29. The van der Waals surface area contributed by atoms with E-state index in [0.29, 0.717) is 0 Å². The predicted molar refractivity (Wildman–Crippen MR) is 46.0 cm³/mol. The molecule has 0 fully saturated rings.